The molecular formula is C21H38O8Si. The van der Waals surface area contributed by atoms with Crippen molar-refractivity contribution in [1.82, 2.24) is 0 Å². The van der Waals surface area contributed by atoms with Crippen LogP contribution in [0, 0.1) is 5.41 Å². The van der Waals surface area contributed by atoms with E-state index in [1.807, 2.05) is 0 Å². The zero-order valence-electron chi connectivity index (χ0n) is 19.7. The van der Waals surface area contributed by atoms with Gasteiger partial charge in [0.1, 0.15) is 12.2 Å². The first kappa shape index (κ1) is 25.3. The molecule has 2 heterocycles. The molecule has 8 nitrogen and oxygen atoms in total. The molecule has 0 bridgehead atoms. The number of hydrogen-bond donors (Lipinski definition) is 1. The second-order valence-corrected chi connectivity index (χ2v) is 15.7. The fourth-order valence-electron chi connectivity index (χ4n) is 3.20. The highest BCUT2D eigenvalue weighted by molar-refractivity contribution is 6.74. The third-order valence-electron chi connectivity index (χ3n) is 6.35. The molecule has 0 aromatic rings. The molecule has 0 spiro atoms. The van der Waals surface area contributed by atoms with Gasteiger partial charge in [0.05, 0.1) is 31.8 Å². The van der Waals surface area contributed by atoms with Gasteiger partial charge < -0.3 is 28.5 Å². The van der Waals surface area contributed by atoms with Crippen LogP contribution in [-0.4, -0.2) is 75.7 Å². The minimum Gasteiger partial charge on any atom is -0.467 e. The number of carbonyl (C=O) groups excluding carboxylic acids is 2. The lowest BCUT2D eigenvalue weighted by Gasteiger charge is -2.39. The summed E-state index contributed by atoms with van der Waals surface area (Å²) in [6.07, 6.45) is -3.12. The number of aliphatic hydroxyl groups is 1. The van der Waals surface area contributed by atoms with Crippen LogP contribution in [0.15, 0.2) is 0 Å². The Kier molecular flexibility index (Phi) is 7.16. The van der Waals surface area contributed by atoms with Crippen LogP contribution in [0.3, 0.4) is 0 Å². The van der Waals surface area contributed by atoms with Gasteiger partial charge in [0.25, 0.3) is 0 Å². The maximum atomic E-state index is 12.7. The Labute approximate surface area is 180 Å². The van der Waals surface area contributed by atoms with Crippen molar-refractivity contribution in [2.24, 2.45) is 5.41 Å². The quantitative estimate of drug-likeness (QED) is 0.508. The largest absolute Gasteiger partial charge is 0.467 e. The molecule has 1 N–H and O–H groups in total. The minimum atomic E-state index is -2.16. The van der Waals surface area contributed by atoms with Crippen LogP contribution in [0.2, 0.25) is 18.1 Å². The molecule has 0 aromatic heterocycles. The number of carbonyl (C=O) groups is 2. The predicted molar refractivity (Wildman–Crippen MR) is 112 cm³/mol. The molecule has 9 heteroatoms. The Bertz CT molecular complexity index is 650. The lowest BCUT2D eigenvalue weighted by molar-refractivity contribution is -0.214. The minimum absolute atomic E-state index is 0.0195. The van der Waals surface area contributed by atoms with E-state index in [2.05, 4.69) is 33.9 Å². The molecule has 2 saturated heterocycles. The van der Waals surface area contributed by atoms with E-state index < -0.39 is 55.7 Å². The lowest BCUT2D eigenvalue weighted by atomic mass is 9.94. The first-order valence-electron chi connectivity index (χ1n) is 10.4. The Morgan fingerprint density at radius 2 is 1.77 bits per heavy atom. The van der Waals surface area contributed by atoms with Gasteiger partial charge in [-0.15, -0.1) is 0 Å². The summed E-state index contributed by atoms with van der Waals surface area (Å²) >= 11 is 0. The highest BCUT2D eigenvalue weighted by Gasteiger charge is 2.59. The van der Waals surface area contributed by atoms with Gasteiger partial charge >= 0.3 is 11.9 Å². The van der Waals surface area contributed by atoms with Gasteiger partial charge in [-0.05, 0) is 38.9 Å². The average Bonchev–Trinajstić information content (AvgIpc) is 3.01. The summed E-state index contributed by atoms with van der Waals surface area (Å²) in [5.41, 5.74) is -2.08. The Morgan fingerprint density at radius 3 is 2.27 bits per heavy atom. The summed E-state index contributed by atoms with van der Waals surface area (Å²) in [4.78, 5) is 24.9. The molecule has 2 fully saturated rings. The van der Waals surface area contributed by atoms with Crippen LogP contribution in [0.25, 0.3) is 0 Å². The lowest BCUT2D eigenvalue weighted by Crippen LogP contribution is -2.54. The van der Waals surface area contributed by atoms with Crippen molar-refractivity contribution >= 4 is 20.3 Å². The summed E-state index contributed by atoms with van der Waals surface area (Å²) < 4.78 is 28.7. The number of hydrogen-bond acceptors (Lipinski definition) is 8. The summed E-state index contributed by atoms with van der Waals surface area (Å²) in [7, 11) is -0.862. The Morgan fingerprint density at radius 1 is 1.17 bits per heavy atom. The van der Waals surface area contributed by atoms with Gasteiger partial charge in [0.15, 0.2) is 20.0 Å². The predicted octanol–water partition coefficient (Wildman–Crippen LogP) is 2.43. The van der Waals surface area contributed by atoms with Gasteiger partial charge in [-0.1, -0.05) is 20.8 Å². The van der Waals surface area contributed by atoms with Crippen LogP contribution in [-0.2, 0) is 33.0 Å². The van der Waals surface area contributed by atoms with E-state index in [0.717, 1.165) is 0 Å². The fraction of sp³-hybridized carbons (Fsp3) is 0.905. The second kappa shape index (κ2) is 8.50. The number of ether oxygens (including phenoxy) is 4. The molecule has 30 heavy (non-hydrogen) atoms. The molecule has 2 aliphatic heterocycles. The van der Waals surface area contributed by atoms with E-state index in [4.69, 9.17) is 23.4 Å². The monoisotopic (exact) mass is 446 g/mol. The van der Waals surface area contributed by atoms with E-state index in [-0.39, 0.29) is 24.7 Å². The Balaban J connectivity index is 2.18. The molecule has 0 aliphatic carbocycles. The summed E-state index contributed by atoms with van der Waals surface area (Å²) in [5.74, 6) is -0.998. The van der Waals surface area contributed by atoms with Crippen LogP contribution in [0.1, 0.15) is 48.0 Å². The number of esters is 2. The van der Waals surface area contributed by atoms with Crippen molar-refractivity contribution in [2.45, 2.75) is 96.1 Å². The second-order valence-electron chi connectivity index (χ2n) is 10.9. The highest BCUT2D eigenvalue weighted by Crippen LogP contribution is 2.42. The highest BCUT2D eigenvalue weighted by atomic mass is 28.4. The smallest absolute Gasteiger partial charge is 0.340 e. The van der Waals surface area contributed by atoms with Gasteiger partial charge in [-0.3, -0.25) is 4.79 Å². The van der Waals surface area contributed by atoms with Crippen LogP contribution < -0.4 is 0 Å². The molecule has 0 aromatic carbocycles. The van der Waals surface area contributed by atoms with Gasteiger partial charge in [-0.2, -0.15) is 0 Å². The van der Waals surface area contributed by atoms with Crippen molar-refractivity contribution in [3.8, 4) is 0 Å². The third kappa shape index (κ3) is 5.07. The molecule has 0 radical (unpaired) electrons. The van der Waals surface area contributed by atoms with E-state index in [1.54, 1.807) is 20.8 Å². The molecular weight excluding hydrogens is 408 g/mol. The van der Waals surface area contributed by atoms with Crippen molar-refractivity contribution < 1.29 is 38.1 Å². The zero-order chi connectivity index (χ0) is 23.1. The maximum absolute atomic E-state index is 12.7. The van der Waals surface area contributed by atoms with Crippen molar-refractivity contribution in [2.75, 3.05) is 20.3 Å². The summed E-state index contributed by atoms with van der Waals surface area (Å²) in [5, 5.41) is 10.8. The third-order valence-corrected chi connectivity index (χ3v) is 10.8. The van der Waals surface area contributed by atoms with E-state index in [9.17, 15) is 14.7 Å². The van der Waals surface area contributed by atoms with E-state index in [0.29, 0.717) is 0 Å². The van der Waals surface area contributed by atoms with Gasteiger partial charge in [0, 0.05) is 6.42 Å². The van der Waals surface area contributed by atoms with Crippen molar-refractivity contribution in [1.29, 1.82) is 0 Å². The van der Waals surface area contributed by atoms with Crippen molar-refractivity contribution in [3.05, 3.63) is 0 Å². The molecule has 5 atom stereocenters. The molecule has 0 saturated carbocycles. The van der Waals surface area contributed by atoms with Crippen LogP contribution >= 0.6 is 0 Å². The maximum Gasteiger partial charge on any atom is 0.340 e. The first-order chi connectivity index (χ1) is 13.5. The fourth-order valence-corrected chi connectivity index (χ4v) is 4.23. The van der Waals surface area contributed by atoms with Gasteiger partial charge in [-0.25, -0.2) is 4.79 Å². The molecule has 0 amide bonds. The summed E-state index contributed by atoms with van der Waals surface area (Å²) in [6, 6.07) is 0. The summed E-state index contributed by atoms with van der Waals surface area (Å²) in [6.45, 7) is 15.8. The van der Waals surface area contributed by atoms with E-state index >= 15 is 0 Å². The van der Waals surface area contributed by atoms with Crippen LogP contribution in [0.4, 0.5) is 0 Å². The molecule has 2 rings (SSSR count). The van der Waals surface area contributed by atoms with Gasteiger partial charge in [0.2, 0.25) is 0 Å². The number of fused-ring (bicyclic) bond motifs is 1. The number of rotatable bonds is 5. The SMILES string of the molecule is COC(=O)[C@@]1(CO[Si](C)(C)C(C)(C)C)C[C@H]2OC[C@H](OC(=O)C(C)(C)C)[C@H](O)[C@H]2O1. The Hall–Kier alpha value is -1.00. The topological polar surface area (TPSA) is 101 Å². The molecule has 174 valence electrons. The van der Waals surface area contributed by atoms with E-state index in [1.165, 1.54) is 7.11 Å². The van der Waals surface area contributed by atoms with Crippen LogP contribution in [0.5, 0.6) is 0 Å². The molecule has 2 aliphatic rings. The normalized spacial score (nSPS) is 32.5. The number of aliphatic hydroxyl groups excluding tert-OH is 1. The number of methoxy groups -OCH3 is 1. The van der Waals surface area contributed by atoms with Crippen molar-refractivity contribution in [3.63, 3.8) is 0 Å². The zero-order valence-corrected chi connectivity index (χ0v) is 20.7. The first-order valence-corrected chi connectivity index (χ1v) is 13.4. The average molecular weight is 447 g/mol. The standard InChI is InChI=1S/C21H38O8Si/c1-19(2,3)17(23)28-14-11-26-13-10-21(18(24)25-7,29-16(13)15(14)22)12-27-30(8,9)20(4,5)6/h13-16,22H,10-12H2,1-9H3/t13-,14+,15+,16+,21+/m1/s1. The molecule has 0 unspecified atom stereocenters.